The quantitative estimate of drug-likeness (QED) is 0.683. The van der Waals surface area contributed by atoms with Crippen molar-refractivity contribution in [2.45, 2.75) is 13.3 Å². The summed E-state index contributed by atoms with van der Waals surface area (Å²) in [6, 6.07) is 12.1. The van der Waals surface area contributed by atoms with Gasteiger partial charge in [0.1, 0.15) is 11.6 Å². The lowest BCUT2D eigenvalue weighted by atomic mass is 10.1. The average molecular weight is 312 g/mol. The number of aryl methyl sites for hydroxylation is 1. The van der Waals surface area contributed by atoms with Crippen LogP contribution >= 0.6 is 0 Å². The fraction of sp³-hybridized carbons (Fsp3) is 0.111. The number of rotatable bonds is 4. The van der Waals surface area contributed by atoms with Crippen LogP contribution < -0.4 is 5.32 Å². The molecule has 0 saturated carbocycles. The first-order valence-corrected chi connectivity index (χ1v) is 7.00. The Hall–Kier alpha value is -3.00. The van der Waals surface area contributed by atoms with Gasteiger partial charge in [0.15, 0.2) is 11.6 Å². The van der Waals surface area contributed by atoms with E-state index in [9.17, 15) is 13.6 Å². The van der Waals surface area contributed by atoms with Crippen LogP contribution in [0.25, 0.3) is 6.08 Å². The van der Waals surface area contributed by atoms with Crippen molar-refractivity contribution < 1.29 is 13.6 Å². The molecular formula is C18H14F2N2O. The molecule has 116 valence electrons. The third kappa shape index (κ3) is 4.24. The first kappa shape index (κ1) is 16.4. The fourth-order valence-electron chi connectivity index (χ4n) is 1.94. The van der Waals surface area contributed by atoms with Crippen LogP contribution in [0.1, 0.15) is 18.1 Å². The van der Waals surface area contributed by atoms with E-state index in [0.29, 0.717) is 5.69 Å². The van der Waals surface area contributed by atoms with Gasteiger partial charge in [-0.2, -0.15) is 5.26 Å². The number of amides is 1. The number of carbonyl (C=O) groups excluding carboxylic acids is 1. The van der Waals surface area contributed by atoms with Gasteiger partial charge < -0.3 is 5.32 Å². The molecule has 0 aliphatic heterocycles. The number of anilines is 1. The Morgan fingerprint density at radius 2 is 1.87 bits per heavy atom. The molecule has 0 radical (unpaired) electrons. The largest absolute Gasteiger partial charge is 0.321 e. The van der Waals surface area contributed by atoms with Crippen LogP contribution in [-0.2, 0) is 11.2 Å². The van der Waals surface area contributed by atoms with Gasteiger partial charge in [-0.3, -0.25) is 4.79 Å². The molecule has 0 heterocycles. The minimum Gasteiger partial charge on any atom is -0.321 e. The molecule has 5 heteroatoms. The third-order valence-electron chi connectivity index (χ3n) is 3.24. The van der Waals surface area contributed by atoms with E-state index in [1.165, 1.54) is 12.1 Å². The maximum atomic E-state index is 13.2. The summed E-state index contributed by atoms with van der Waals surface area (Å²) in [5.74, 6) is -2.63. The summed E-state index contributed by atoms with van der Waals surface area (Å²) in [4.78, 5) is 12.1. The molecule has 0 saturated heterocycles. The molecule has 2 aromatic rings. The fourth-order valence-corrected chi connectivity index (χ4v) is 1.94. The number of hydrogen-bond donors (Lipinski definition) is 1. The van der Waals surface area contributed by atoms with E-state index in [2.05, 4.69) is 5.32 Å². The van der Waals surface area contributed by atoms with Crippen molar-refractivity contribution in [2.75, 3.05) is 5.32 Å². The minimum absolute atomic E-state index is 0.199. The van der Waals surface area contributed by atoms with Crippen LogP contribution in [0.2, 0.25) is 0 Å². The van der Waals surface area contributed by atoms with Crippen molar-refractivity contribution in [1.82, 2.24) is 0 Å². The molecule has 2 aromatic carbocycles. The lowest BCUT2D eigenvalue weighted by Crippen LogP contribution is -2.13. The maximum Gasteiger partial charge on any atom is 0.266 e. The lowest BCUT2D eigenvalue weighted by Gasteiger charge is -2.05. The molecule has 0 fully saturated rings. The second kappa shape index (κ2) is 7.32. The predicted molar refractivity (Wildman–Crippen MR) is 84.4 cm³/mol. The van der Waals surface area contributed by atoms with Crippen molar-refractivity contribution in [2.24, 2.45) is 0 Å². The first-order chi connectivity index (χ1) is 11.0. The van der Waals surface area contributed by atoms with Crippen molar-refractivity contribution in [1.29, 1.82) is 5.26 Å². The van der Waals surface area contributed by atoms with Gasteiger partial charge in [-0.1, -0.05) is 25.1 Å². The Morgan fingerprint density at radius 3 is 2.43 bits per heavy atom. The Morgan fingerprint density at radius 1 is 1.17 bits per heavy atom. The molecule has 0 unspecified atom stereocenters. The van der Waals surface area contributed by atoms with Gasteiger partial charge in [0.2, 0.25) is 0 Å². The summed E-state index contributed by atoms with van der Waals surface area (Å²) >= 11 is 0. The Labute approximate surface area is 132 Å². The molecule has 0 atom stereocenters. The molecule has 1 amide bonds. The standard InChI is InChI=1S/C18H14F2N2O/c1-2-12-3-6-15(7-4-12)22-18(23)14(11-21)9-13-5-8-16(19)17(20)10-13/h3-10H,2H2,1H3,(H,22,23)/b14-9+. The molecule has 0 spiro atoms. The van der Waals surface area contributed by atoms with Gasteiger partial charge in [0.25, 0.3) is 5.91 Å². The van der Waals surface area contributed by atoms with E-state index < -0.39 is 17.5 Å². The number of hydrogen-bond acceptors (Lipinski definition) is 2. The van der Waals surface area contributed by atoms with E-state index >= 15 is 0 Å². The number of nitrogens with one attached hydrogen (secondary N) is 1. The number of nitriles is 1. The minimum atomic E-state index is -1.04. The van der Waals surface area contributed by atoms with Crippen molar-refractivity contribution in [3.8, 4) is 6.07 Å². The molecule has 0 bridgehead atoms. The molecule has 1 N–H and O–H groups in total. The Balaban J connectivity index is 2.18. The van der Waals surface area contributed by atoms with Crippen LogP contribution in [0, 0.1) is 23.0 Å². The Bertz CT molecular complexity index is 790. The lowest BCUT2D eigenvalue weighted by molar-refractivity contribution is -0.112. The Kier molecular flexibility index (Phi) is 5.21. The monoisotopic (exact) mass is 312 g/mol. The summed E-state index contributed by atoms with van der Waals surface area (Å²) in [5, 5.41) is 11.7. The smallest absolute Gasteiger partial charge is 0.266 e. The highest BCUT2D eigenvalue weighted by Crippen LogP contribution is 2.15. The van der Waals surface area contributed by atoms with Gasteiger partial charge in [0, 0.05) is 5.69 Å². The highest BCUT2D eigenvalue weighted by molar-refractivity contribution is 6.09. The van der Waals surface area contributed by atoms with Gasteiger partial charge in [0.05, 0.1) is 0 Å². The van der Waals surface area contributed by atoms with Crippen molar-refractivity contribution in [3.63, 3.8) is 0 Å². The zero-order valence-corrected chi connectivity index (χ0v) is 12.4. The van der Waals surface area contributed by atoms with Crippen LogP contribution in [0.3, 0.4) is 0 Å². The summed E-state index contributed by atoms with van der Waals surface area (Å²) < 4.78 is 26.1. The van der Waals surface area contributed by atoms with E-state index in [-0.39, 0.29) is 11.1 Å². The van der Waals surface area contributed by atoms with Crippen LogP contribution in [0.15, 0.2) is 48.0 Å². The summed E-state index contributed by atoms with van der Waals surface area (Å²) in [6.45, 7) is 2.02. The second-order valence-corrected chi connectivity index (χ2v) is 4.85. The average Bonchev–Trinajstić information content (AvgIpc) is 2.56. The molecule has 0 aliphatic rings. The molecular weight excluding hydrogens is 298 g/mol. The van der Waals surface area contributed by atoms with Crippen LogP contribution in [-0.4, -0.2) is 5.91 Å². The third-order valence-corrected chi connectivity index (χ3v) is 3.24. The van der Waals surface area contributed by atoms with E-state index in [1.54, 1.807) is 18.2 Å². The van der Waals surface area contributed by atoms with Gasteiger partial charge in [-0.05, 0) is 47.9 Å². The summed E-state index contributed by atoms with van der Waals surface area (Å²) in [7, 11) is 0. The highest BCUT2D eigenvalue weighted by Gasteiger charge is 2.10. The molecule has 3 nitrogen and oxygen atoms in total. The maximum absolute atomic E-state index is 13.2. The number of halogens is 2. The van der Waals surface area contributed by atoms with Gasteiger partial charge in [-0.25, -0.2) is 8.78 Å². The first-order valence-electron chi connectivity index (χ1n) is 7.00. The SMILES string of the molecule is CCc1ccc(NC(=O)/C(C#N)=C/c2ccc(F)c(F)c2)cc1. The van der Waals surface area contributed by atoms with Crippen molar-refractivity contribution in [3.05, 3.63) is 70.8 Å². The van der Waals surface area contributed by atoms with Crippen molar-refractivity contribution >= 4 is 17.7 Å². The zero-order valence-electron chi connectivity index (χ0n) is 12.4. The molecule has 0 aliphatic carbocycles. The number of carbonyl (C=O) groups is 1. The molecule has 23 heavy (non-hydrogen) atoms. The summed E-state index contributed by atoms with van der Waals surface area (Å²) in [6.07, 6.45) is 2.09. The zero-order chi connectivity index (χ0) is 16.8. The predicted octanol–water partition coefficient (Wildman–Crippen LogP) is 4.07. The van der Waals surface area contributed by atoms with E-state index in [1.807, 2.05) is 19.1 Å². The normalized spacial score (nSPS) is 11.0. The second-order valence-electron chi connectivity index (χ2n) is 4.85. The summed E-state index contributed by atoms with van der Waals surface area (Å²) in [5.41, 5.74) is 1.71. The molecule has 0 aromatic heterocycles. The molecule has 2 rings (SSSR count). The van der Waals surface area contributed by atoms with E-state index in [4.69, 9.17) is 5.26 Å². The number of benzene rings is 2. The topological polar surface area (TPSA) is 52.9 Å². The van der Waals surface area contributed by atoms with Gasteiger partial charge >= 0.3 is 0 Å². The number of nitrogens with zero attached hydrogens (tertiary/aromatic N) is 1. The van der Waals surface area contributed by atoms with Gasteiger partial charge in [-0.15, -0.1) is 0 Å². The van der Waals surface area contributed by atoms with E-state index in [0.717, 1.165) is 24.1 Å². The van der Waals surface area contributed by atoms with Crippen LogP contribution in [0.4, 0.5) is 14.5 Å². The van der Waals surface area contributed by atoms with Crippen LogP contribution in [0.5, 0.6) is 0 Å². The highest BCUT2D eigenvalue weighted by atomic mass is 19.2.